The Labute approximate surface area is 159 Å². The van der Waals surface area contributed by atoms with E-state index in [1.54, 1.807) is 0 Å². The monoisotopic (exact) mass is 464 g/mol. The zero-order chi connectivity index (χ0) is 19.1. The van der Waals surface area contributed by atoms with Gasteiger partial charge in [-0.2, -0.15) is 0 Å². The van der Waals surface area contributed by atoms with Crippen LogP contribution < -0.4 is 0 Å². The summed E-state index contributed by atoms with van der Waals surface area (Å²) in [6.07, 6.45) is 10.3. The van der Waals surface area contributed by atoms with Crippen molar-refractivity contribution in [3.05, 3.63) is 9.85 Å². The average molecular weight is 463 g/mol. The van der Waals surface area contributed by atoms with Crippen LogP contribution in [0.1, 0.15) is 86.0 Å². The zero-order valence-electron chi connectivity index (χ0n) is 17.1. The van der Waals surface area contributed by atoms with Crippen molar-refractivity contribution in [1.82, 2.24) is 0 Å². The molecule has 0 aliphatic heterocycles. The Kier molecular flexibility index (Phi) is 15.0. The number of rotatable bonds is 15. The van der Waals surface area contributed by atoms with Gasteiger partial charge in [0.15, 0.2) is 0 Å². The molecule has 0 aliphatic carbocycles. The van der Waals surface area contributed by atoms with E-state index in [2.05, 4.69) is 32.6 Å². The van der Waals surface area contributed by atoms with Crippen LogP contribution in [-0.2, 0) is 14.4 Å². The Hall–Kier alpha value is -0.0713. The molecule has 0 amide bonds. The maximum absolute atomic E-state index is 11.8. The number of ether oxygens (including phenoxy) is 1. The molecule has 0 rings (SSSR count). The van der Waals surface area contributed by atoms with Gasteiger partial charge < -0.3 is 0 Å². The van der Waals surface area contributed by atoms with Crippen molar-refractivity contribution in [2.75, 3.05) is 0 Å². The van der Waals surface area contributed by atoms with E-state index in [9.17, 15) is 10.1 Å². The first-order chi connectivity index (χ1) is 12.0. The summed E-state index contributed by atoms with van der Waals surface area (Å²) in [5.41, 5.74) is 0. The van der Waals surface area contributed by atoms with Gasteiger partial charge >= 0.3 is 159 Å². The van der Waals surface area contributed by atoms with E-state index in [-0.39, 0.29) is 12.1 Å². The molecule has 1 unspecified atom stereocenters. The molecule has 0 saturated carbocycles. The number of esters is 1. The SMILES string of the molecule is CCC[CH2][Sn]([CH2]CCC)([CH2]CCC)/[C](=C/C(CCC)OO)OC(C)=O. The number of hydrogen-bond acceptors (Lipinski definition) is 4. The number of unbranched alkanes of at least 4 members (excludes halogenated alkanes) is 3. The van der Waals surface area contributed by atoms with E-state index in [0.29, 0.717) is 0 Å². The van der Waals surface area contributed by atoms with Gasteiger partial charge in [0.1, 0.15) is 0 Å². The van der Waals surface area contributed by atoms with Crippen molar-refractivity contribution in [2.45, 2.75) is 105 Å². The fourth-order valence-electron chi connectivity index (χ4n) is 3.38. The van der Waals surface area contributed by atoms with Gasteiger partial charge in [-0.15, -0.1) is 0 Å². The second kappa shape index (κ2) is 15.0. The molecule has 0 aromatic rings. The van der Waals surface area contributed by atoms with Crippen molar-refractivity contribution in [2.24, 2.45) is 0 Å². The van der Waals surface area contributed by atoms with Gasteiger partial charge in [0.05, 0.1) is 0 Å². The predicted molar refractivity (Wildman–Crippen MR) is 107 cm³/mol. The Morgan fingerprint density at radius 3 is 1.76 bits per heavy atom. The van der Waals surface area contributed by atoms with E-state index in [4.69, 9.17) is 4.74 Å². The van der Waals surface area contributed by atoms with E-state index in [0.717, 1.165) is 16.6 Å². The molecular weight excluding hydrogens is 423 g/mol. The summed E-state index contributed by atoms with van der Waals surface area (Å²) in [6.45, 7) is 10.2. The van der Waals surface area contributed by atoms with Gasteiger partial charge in [-0.1, -0.05) is 0 Å². The van der Waals surface area contributed by atoms with Crippen molar-refractivity contribution in [3.8, 4) is 0 Å². The Balaban J connectivity index is 5.86. The summed E-state index contributed by atoms with van der Waals surface area (Å²) >= 11 is -2.85. The summed E-state index contributed by atoms with van der Waals surface area (Å²) in [4.78, 5) is 16.5. The minimum absolute atomic E-state index is 0.245. The second-order valence-electron chi connectivity index (χ2n) is 7.15. The van der Waals surface area contributed by atoms with Crippen LogP contribution in [0.2, 0.25) is 13.3 Å². The van der Waals surface area contributed by atoms with E-state index in [1.165, 1.54) is 58.8 Å². The van der Waals surface area contributed by atoms with Crippen LogP contribution in [0.15, 0.2) is 9.85 Å². The standard InChI is InChI=1S/C8H13O4.3C4H9.Sn/c1-3-4-8(12-10)5-6-11-7(2)9;3*1-3-4-2;/h5,8,10H,3-4H2,1-2H3;3*1,3-4H2,2H3;. The molecule has 25 heavy (non-hydrogen) atoms. The van der Waals surface area contributed by atoms with Crippen LogP contribution in [0.3, 0.4) is 0 Å². The molecule has 1 N–H and O–H groups in total. The summed E-state index contributed by atoms with van der Waals surface area (Å²) in [5, 5.41) is 9.27. The average Bonchev–Trinajstić information content (AvgIpc) is 2.60. The third-order valence-corrected chi connectivity index (χ3v) is 19.8. The van der Waals surface area contributed by atoms with Crippen LogP contribution in [0.5, 0.6) is 0 Å². The van der Waals surface area contributed by atoms with E-state index >= 15 is 0 Å². The maximum atomic E-state index is 11.8. The Bertz CT molecular complexity index is 360. The van der Waals surface area contributed by atoms with Crippen LogP contribution in [0, 0.1) is 0 Å². The van der Waals surface area contributed by atoms with Gasteiger partial charge in [0, 0.05) is 0 Å². The molecule has 4 nitrogen and oxygen atoms in total. The van der Waals surface area contributed by atoms with Crippen LogP contribution >= 0.6 is 0 Å². The first kappa shape index (κ1) is 24.9. The van der Waals surface area contributed by atoms with Crippen LogP contribution in [-0.4, -0.2) is 35.7 Å². The third kappa shape index (κ3) is 10.00. The number of carbonyl (C=O) groups excluding carboxylic acids is 1. The van der Waals surface area contributed by atoms with Gasteiger partial charge in [-0.05, 0) is 0 Å². The van der Waals surface area contributed by atoms with E-state index in [1.807, 2.05) is 6.08 Å². The number of hydrogen-bond donors (Lipinski definition) is 1. The molecule has 1 atom stereocenters. The fraction of sp³-hybridized carbons (Fsp3) is 0.850. The van der Waals surface area contributed by atoms with Crippen molar-refractivity contribution in [3.63, 3.8) is 0 Å². The summed E-state index contributed by atoms with van der Waals surface area (Å²) in [6, 6.07) is 0. The topological polar surface area (TPSA) is 55.8 Å². The first-order valence-electron chi connectivity index (χ1n) is 10.2. The van der Waals surface area contributed by atoms with Gasteiger partial charge in [-0.3, -0.25) is 0 Å². The molecule has 5 heteroatoms. The fourth-order valence-corrected chi connectivity index (χ4v) is 19.0. The minimum atomic E-state index is -2.85. The molecule has 0 radical (unpaired) electrons. The second-order valence-corrected chi connectivity index (χ2v) is 20.1. The first-order valence-corrected chi connectivity index (χ1v) is 17.7. The summed E-state index contributed by atoms with van der Waals surface area (Å²) in [7, 11) is 0. The van der Waals surface area contributed by atoms with Crippen LogP contribution in [0.4, 0.5) is 0 Å². The van der Waals surface area contributed by atoms with Crippen LogP contribution in [0.25, 0.3) is 0 Å². The zero-order valence-corrected chi connectivity index (χ0v) is 20.0. The van der Waals surface area contributed by atoms with E-state index < -0.39 is 18.4 Å². The Morgan fingerprint density at radius 1 is 0.960 bits per heavy atom. The van der Waals surface area contributed by atoms with Crippen molar-refractivity contribution >= 4 is 24.3 Å². The Morgan fingerprint density at radius 2 is 1.44 bits per heavy atom. The molecule has 0 heterocycles. The van der Waals surface area contributed by atoms with Gasteiger partial charge in [0.2, 0.25) is 0 Å². The predicted octanol–water partition coefficient (Wildman–Crippen LogP) is 6.48. The molecule has 0 bridgehead atoms. The summed E-state index contributed by atoms with van der Waals surface area (Å²) in [5.74, 6) is -0.245. The van der Waals surface area contributed by atoms with Crippen molar-refractivity contribution in [1.29, 1.82) is 0 Å². The quantitative estimate of drug-likeness (QED) is 0.0993. The molecule has 0 aromatic heterocycles. The molecule has 0 aliphatic rings. The molecular formula is C20H40O4Sn. The summed E-state index contributed by atoms with van der Waals surface area (Å²) < 4.78 is 10.4. The molecule has 0 saturated heterocycles. The number of carbonyl (C=O) groups is 1. The third-order valence-electron chi connectivity index (χ3n) is 4.85. The van der Waals surface area contributed by atoms with Gasteiger partial charge in [0.25, 0.3) is 0 Å². The molecule has 0 fully saturated rings. The molecule has 0 aromatic carbocycles. The van der Waals surface area contributed by atoms with Crippen molar-refractivity contribution < 1.29 is 19.7 Å². The normalized spacial score (nSPS) is 13.8. The molecule has 0 spiro atoms. The molecule has 148 valence electrons. The van der Waals surface area contributed by atoms with Gasteiger partial charge in [-0.25, -0.2) is 0 Å².